The van der Waals surface area contributed by atoms with Gasteiger partial charge in [0.2, 0.25) is 0 Å². The van der Waals surface area contributed by atoms with Crippen LogP contribution in [0.15, 0.2) is 27.1 Å². The fraction of sp³-hybridized carbons (Fsp3) is 0.385. The summed E-state index contributed by atoms with van der Waals surface area (Å²) in [5, 5.41) is 1.17. The van der Waals surface area contributed by atoms with Crippen molar-refractivity contribution in [2.45, 2.75) is 33.1 Å². The Balaban J connectivity index is 2.72. The molecule has 2 aromatic rings. The van der Waals surface area contributed by atoms with Gasteiger partial charge in [0.15, 0.2) is 0 Å². The van der Waals surface area contributed by atoms with Crippen molar-refractivity contribution >= 4 is 26.9 Å². The van der Waals surface area contributed by atoms with Crippen LogP contribution in [0.5, 0.6) is 0 Å². The van der Waals surface area contributed by atoms with Crippen LogP contribution in [0.1, 0.15) is 32.1 Å². The normalized spacial score (nSPS) is 12.3. The minimum atomic E-state index is 0.169. The molecule has 2 rings (SSSR count). The van der Waals surface area contributed by atoms with Crippen molar-refractivity contribution < 1.29 is 4.42 Å². The predicted octanol–water partition coefficient (Wildman–Crippen LogP) is 4.80. The van der Waals surface area contributed by atoms with Crippen LogP contribution in [-0.4, -0.2) is 0 Å². The average Bonchev–Trinajstić information content (AvgIpc) is 2.44. The number of halogens is 1. The number of aryl methyl sites for hydroxylation is 1. The van der Waals surface area contributed by atoms with E-state index in [9.17, 15) is 0 Å². The minimum absolute atomic E-state index is 0.169. The molecule has 2 heteroatoms. The lowest BCUT2D eigenvalue weighted by atomic mass is 9.86. The van der Waals surface area contributed by atoms with Gasteiger partial charge in [-0.1, -0.05) is 20.8 Å². The topological polar surface area (TPSA) is 13.1 Å². The second kappa shape index (κ2) is 3.38. The molecule has 0 spiro atoms. The van der Waals surface area contributed by atoms with Crippen molar-refractivity contribution in [3.63, 3.8) is 0 Å². The first kappa shape index (κ1) is 10.7. The van der Waals surface area contributed by atoms with Crippen LogP contribution in [0.3, 0.4) is 0 Å². The van der Waals surface area contributed by atoms with Crippen LogP contribution in [0.2, 0.25) is 0 Å². The number of benzene rings is 1. The largest absolute Gasteiger partial charge is 0.460 e. The monoisotopic (exact) mass is 266 g/mol. The average molecular weight is 267 g/mol. The summed E-state index contributed by atoms with van der Waals surface area (Å²) in [6.07, 6.45) is 0. The highest BCUT2D eigenvalue weighted by Gasteiger charge is 2.16. The Morgan fingerprint density at radius 1 is 1.13 bits per heavy atom. The molecule has 0 amide bonds. The molecule has 0 aliphatic rings. The molecule has 0 saturated carbocycles. The van der Waals surface area contributed by atoms with E-state index in [1.165, 1.54) is 10.9 Å². The summed E-state index contributed by atoms with van der Waals surface area (Å²) in [6, 6.07) is 6.43. The molecular weight excluding hydrogens is 252 g/mol. The third-order valence-corrected chi connectivity index (χ3v) is 3.15. The molecule has 0 fully saturated rings. The Kier molecular flexibility index (Phi) is 2.42. The van der Waals surface area contributed by atoms with Gasteiger partial charge in [-0.05, 0) is 52.0 Å². The zero-order chi connectivity index (χ0) is 11.2. The van der Waals surface area contributed by atoms with E-state index in [1.54, 1.807) is 0 Å². The lowest BCUT2D eigenvalue weighted by Gasteiger charge is -2.19. The number of hydrogen-bond donors (Lipinski definition) is 0. The van der Waals surface area contributed by atoms with Crippen LogP contribution in [-0.2, 0) is 5.41 Å². The van der Waals surface area contributed by atoms with Gasteiger partial charge in [0.1, 0.15) is 11.3 Å². The highest BCUT2D eigenvalue weighted by Crippen LogP contribution is 2.33. The molecule has 0 radical (unpaired) electrons. The summed E-state index contributed by atoms with van der Waals surface area (Å²) in [7, 11) is 0. The summed E-state index contributed by atoms with van der Waals surface area (Å²) < 4.78 is 6.66. The van der Waals surface area contributed by atoms with Crippen LogP contribution in [0.25, 0.3) is 11.0 Å². The zero-order valence-corrected chi connectivity index (χ0v) is 11.1. The molecule has 0 aliphatic carbocycles. The quantitative estimate of drug-likeness (QED) is 0.668. The molecule has 0 saturated heterocycles. The van der Waals surface area contributed by atoms with Crippen molar-refractivity contribution in [3.8, 4) is 0 Å². The summed E-state index contributed by atoms with van der Waals surface area (Å²) >= 11 is 3.56. The van der Waals surface area contributed by atoms with E-state index >= 15 is 0 Å². The second-order valence-electron chi connectivity index (χ2n) is 4.98. The van der Waals surface area contributed by atoms with Gasteiger partial charge in [0.05, 0.1) is 4.47 Å². The summed E-state index contributed by atoms with van der Waals surface area (Å²) in [5.41, 5.74) is 2.44. The van der Waals surface area contributed by atoms with Crippen molar-refractivity contribution in [2.24, 2.45) is 0 Å². The van der Waals surface area contributed by atoms with Crippen LogP contribution in [0, 0.1) is 6.92 Å². The smallest absolute Gasteiger partial charge is 0.148 e. The van der Waals surface area contributed by atoms with Gasteiger partial charge in [-0.3, -0.25) is 0 Å². The molecule has 1 aromatic heterocycles. The Labute approximate surface area is 98.6 Å². The first-order valence-corrected chi connectivity index (χ1v) is 5.87. The Bertz CT molecular complexity index is 503. The van der Waals surface area contributed by atoms with E-state index < -0.39 is 0 Å². The number of hydrogen-bond acceptors (Lipinski definition) is 1. The van der Waals surface area contributed by atoms with Crippen molar-refractivity contribution in [1.82, 2.24) is 0 Å². The highest BCUT2D eigenvalue weighted by molar-refractivity contribution is 9.10. The fourth-order valence-corrected chi connectivity index (χ4v) is 2.23. The molecule has 0 aliphatic heterocycles. The van der Waals surface area contributed by atoms with E-state index in [4.69, 9.17) is 4.42 Å². The second-order valence-corrected chi connectivity index (χ2v) is 5.84. The van der Waals surface area contributed by atoms with Gasteiger partial charge < -0.3 is 4.42 Å². The Morgan fingerprint density at radius 2 is 1.80 bits per heavy atom. The van der Waals surface area contributed by atoms with E-state index in [-0.39, 0.29) is 5.41 Å². The third kappa shape index (κ3) is 1.96. The summed E-state index contributed by atoms with van der Waals surface area (Å²) in [6.45, 7) is 8.62. The minimum Gasteiger partial charge on any atom is -0.460 e. The molecule has 0 atom stereocenters. The lowest BCUT2D eigenvalue weighted by molar-refractivity contribution is 0.574. The lowest BCUT2D eigenvalue weighted by Crippen LogP contribution is -2.10. The van der Waals surface area contributed by atoms with Gasteiger partial charge in [0.25, 0.3) is 0 Å². The van der Waals surface area contributed by atoms with E-state index in [2.05, 4.69) is 54.9 Å². The number of furan rings is 1. The first-order valence-electron chi connectivity index (χ1n) is 5.08. The molecule has 0 bridgehead atoms. The van der Waals surface area contributed by atoms with E-state index in [1.807, 2.05) is 6.92 Å². The molecule has 1 nitrogen and oxygen atoms in total. The number of rotatable bonds is 0. The van der Waals surface area contributed by atoms with Crippen molar-refractivity contribution in [2.75, 3.05) is 0 Å². The van der Waals surface area contributed by atoms with Crippen molar-refractivity contribution in [3.05, 3.63) is 34.0 Å². The summed E-state index contributed by atoms with van der Waals surface area (Å²) in [4.78, 5) is 0. The van der Waals surface area contributed by atoms with Gasteiger partial charge in [0, 0.05) is 5.39 Å². The summed E-state index contributed by atoms with van der Waals surface area (Å²) in [5.74, 6) is 0.955. The molecule has 1 heterocycles. The fourth-order valence-electron chi connectivity index (χ4n) is 1.67. The molecule has 0 N–H and O–H groups in total. The zero-order valence-electron chi connectivity index (χ0n) is 9.52. The van der Waals surface area contributed by atoms with E-state index in [0.717, 1.165) is 15.8 Å². The molecule has 15 heavy (non-hydrogen) atoms. The van der Waals surface area contributed by atoms with Gasteiger partial charge in [-0.15, -0.1) is 0 Å². The van der Waals surface area contributed by atoms with Gasteiger partial charge in [-0.25, -0.2) is 0 Å². The maximum Gasteiger partial charge on any atom is 0.148 e. The van der Waals surface area contributed by atoms with Crippen molar-refractivity contribution in [1.29, 1.82) is 0 Å². The van der Waals surface area contributed by atoms with Crippen LogP contribution >= 0.6 is 15.9 Å². The number of fused-ring (bicyclic) bond motifs is 1. The maximum atomic E-state index is 5.62. The Hall–Kier alpha value is -0.760. The maximum absolute atomic E-state index is 5.62. The highest BCUT2D eigenvalue weighted by atomic mass is 79.9. The SMILES string of the molecule is Cc1cc2cc(C(C)(C)C)cc(Br)c2o1. The first-order chi connectivity index (χ1) is 6.88. The standard InChI is InChI=1S/C13H15BrO/c1-8-5-9-6-10(13(2,3)4)7-11(14)12(9)15-8/h5-7H,1-4H3. The Morgan fingerprint density at radius 3 is 2.40 bits per heavy atom. The third-order valence-electron chi connectivity index (χ3n) is 2.56. The van der Waals surface area contributed by atoms with Gasteiger partial charge >= 0.3 is 0 Å². The molecule has 0 unspecified atom stereocenters. The van der Waals surface area contributed by atoms with Gasteiger partial charge in [-0.2, -0.15) is 0 Å². The van der Waals surface area contributed by atoms with Crippen LogP contribution < -0.4 is 0 Å². The van der Waals surface area contributed by atoms with Crippen LogP contribution in [0.4, 0.5) is 0 Å². The molecular formula is C13H15BrO. The molecule has 80 valence electrons. The molecule has 1 aromatic carbocycles. The van der Waals surface area contributed by atoms with E-state index in [0.29, 0.717) is 0 Å². The predicted molar refractivity (Wildman–Crippen MR) is 67.4 cm³/mol.